The van der Waals surface area contributed by atoms with Crippen LogP contribution in [-0.4, -0.2) is 55.6 Å². The lowest BCUT2D eigenvalue weighted by atomic mass is 10.2. The number of hydrogen-bond donors (Lipinski definition) is 2. The second-order valence-corrected chi connectivity index (χ2v) is 4.22. The third kappa shape index (κ3) is 4.18. The van der Waals surface area contributed by atoms with Crippen LogP contribution in [0.4, 0.5) is 0 Å². The lowest BCUT2D eigenvalue weighted by Crippen LogP contribution is -2.30. The third-order valence-corrected chi connectivity index (χ3v) is 2.63. The summed E-state index contributed by atoms with van der Waals surface area (Å²) < 4.78 is 10.4. The van der Waals surface area contributed by atoms with E-state index in [-0.39, 0.29) is 6.61 Å². The Morgan fingerprint density at radius 3 is 2.44 bits per heavy atom. The molecule has 5 heteroatoms. The molecule has 2 N–H and O–H groups in total. The largest absolute Gasteiger partial charge is 0.493 e. The average Bonchev–Trinajstić information content (AvgIpc) is 2.38. The van der Waals surface area contributed by atoms with Crippen molar-refractivity contribution in [2.45, 2.75) is 12.6 Å². The van der Waals surface area contributed by atoms with Crippen LogP contribution in [0.15, 0.2) is 18.2 Å². The number of rotatable bonds is 7. The molecular weight excluding hydrogens is 234 g/mol. The monoisotopic (exact) mass is 255 g/mol. The zero-order valence-electron chi connectivity index (χ0n) is 11.1. The van der Waals surface area contributed by atoms with Gasteiger partial charge in [0.15, 0.2) is 11.5 Å². The molecule has 0 spiro atoms. The van der Waals surface area contributed by atoms with E-state index in [4.69, 9.17) is 14.6 Å². The number of hydrogen-bond acceptors (Lipinski definition) is 5. The fourth-order valence-corrected chi connectivity index (χ4v) is 1.77. The van der Waals surface area contributed by atoms with E-state index in [1.54, 1.807) is 14.2 Å². The summed E-state index contributed by atoms with van der Waals surface area (Å²) >= 11 is 0. The summed E-state index contributed by atoms with van der Waals surface area (Å²) in [6.45, 7) is 0.860. The molecule has 0 saturated carbocycles. The molecule has 0 radical (unpaired) electrons. The molecule has 1 unspecified atom stereocenters. The molecule has 1 atom stereocenters. The van der Waals surface area contributed by atoms with Gasteiger partial charge in [0.1, 0.15) is 0 Å². The Bertz CT molecular complexity index is 370. The van der Waals surface area contributed by atoms with Crippen LogP contribution < -0.4 is 9.47 Å². The minimum atomic E-state index is -0.713. The second-order valence-electron chi connectivity index (χ2n) is 4.22. The van der Waals surface area contributed by atoms with Gasteiger partial charge in [0.2, 0.25) is 0 Å². The van der Waals surface area contributed by atoms with Crippen molar-refractivity contribution in [1.29, 1.82) is 0 Å². The highest BCUT2D eigenvalue weighted by Gasteiger charge is 2.09. The first-order valence-corrected chi connectivity index (χ1v) is 5.79. The fourth-order valence-electron chi connectivity index (χ4n) is 1.77. The van der Waals surface area contributed by atoms with Crippen molar-refractivity contribution in [3.63, 3.8) is 0 Å². The second kappa shape index (κ2) is 7.20. The number of nitrogens with zero attached hydrogens (tertiary/aromatic N) is 1. The van der Waals surface area contributed by atoms with Gasteiger partial charge in [-0.15, -0.1) is 0 Å². The highest BCUT2D eigenvalue weighted by molar-refractivity contribution is 5.42. The highest BCUT2D eigenvalue weighted by Crippen LogP contribution is 2.27. The van der Waals surface area contributed by atoms with Crippen LogP contribution in [0.25, 0.3) is 0 Å². The van der Waals surface area contributed by atoms with Crippen molar-refractivity contribution in [2.24, 2.45) is 0 Å². The maximum Gasteiger partial charge on any atom is 0.161 e. The van der Waals surface area contributed by atoms with Crippen LogP contribution in [0, 0.1) is 0 Å². The Balaban J connectivity index is 2.67. The number of benzene rings is 1. The van der Waals surface area contributed by atoms with Crippen LogP contribution in [0.3, 0.4) is 0 Å². The summed E-state index contributed by atoms with van der Waals surface area (Å²) in [5.41, 5.74) is 1.06. The Hall–Kier alpha value is -1.30. The van der Waals surface area contributed by atoms with Crippen molar-refractivity contribution in [3.8, 4) is 11.5 Å². The lowest BCUT2D eigenvalue weighted by molar-refractivity contribution is 0.0648. The van der Waals surface area contributed by atoms with Crippen LogP contribution in [-0.2, 0) is 6.54 Å². The molecule has 1 aromatic carbocycles. The molecule has 0 bridgehead atoms. The molecule has 5 nitrogen and oxygen atoms in total. The number of aliphatic hydroxyl groups excluding tert-OH is 2. The van der Waals surface area contributed by atoms with Gasteiger partial charge in [-0.1, -0.05) is 6.07 Å². The van der Waals surface area contributed by atoms with Gasteiger partial charge in [-0.3, -0.25) is 4.90 Å². The van der Waals surface area contributed by atoms with Gasteiger partial charge >= 0.3 is 0 Å². The van der Waals surface area contributed by atoms with E-state index in [0.717, 1.165) is 5.56 Å². The van der Waals surface area contributed by atoms with Crippen LogP contribution in [0.1, 0.15) is 5.56 Å². The zero-order chi connectivity index (χ0) is 13.5. The Kier molecular flexibility index (Phi) is 5.91. The first kappa shape index (κ1) is 14.8. The average molecular weight is 255 g/mol. The van der Waals surface area contributed by atoms with E-state index in [2.05, 4.69) is 0 Å². The number of ether oxygens (including phenoxy) is 2. The zero-order valence-corrected chi connectivity index (χ0v) is 11.1. The predicted octanol–water partition coefficient (Wildman–Crippen LogP) is 0.489. The van der Waals surface area contributed by atoms with E-state index in [9.17, 15) is 5.11 Å². The van der Waals surface area contributed by atoms with Crippen LogP contribution >= 0.6 is 0 Å². The summed E-state index contributed by atoms with van der Waals surface area (Å²) in [5.74, 6) is 1.38. The van der Waals surface area contributed by atoms with Crippen LogP contribution in [0.5, 0.6) is 11.5 Å². The molecular formula is C13H21NO4. The molecule has 0 heterocycles. The topological polar surface area (TPSA) is 62.2 Å². The van der Waals surface area contributed by atoms with Gasteiger partial charge in [0, 0.05) is 13.1 Å². The van der Waals surface area contributed by atoms with Gasteiger partial charge in [0.05, 0.1) is 26.9 Å². The van der Waals surface area contributed by atoms with Crippen molar-refractivity contribution >= 4 is 0 Å². The summed E-state index contributed by atoms with van der Waals surface area (Å²) in [6.07, 6.45) is -0.713. The summed E-state index contributed by atoms with van der Waals surface area (Å²) in [7, 11) is 5.08. The summed E-state index contributed by atoms with van der Waals surface area (Å²) in [6, 6.07) is 5.70. The number of likely N-dealkylation sites (N-methyl/N-ethyl adjacent to an activating group) is 1. The van der Waals surface area contributed by atoms with E-state index in [0.29, 0.717) is 24.6 Å². The smallest absolute Gasteiger partial charge is 0.161 e. The lowest BCUT2D eigenvalue weighted by Gasteiger charge is -2.20. The number of aliphatic hydroxyl groups is 2. The molecule has 0 aliphatic carbocycles. The van der Waals surface area contributed by atoms with Gasteiger partial charge in [0.25, 0.3) is 0 Å². The van der Waals surface area contributed by atoms with E-state index >= 15 is 0 Å². The molecule has 0 amide bonds. The highest BCUT2D eigenvalue weighted by atomic mass is 16.5. The molecule has 0 aliphatic rings. The molecule has 0 aromatic heterocycles. The van der Waals surface area contributed by atoms with E-state index in [1.807, 2.05) is 30.1 Å². The van der Waals surface area contributed by atoms with Gasteiger partial charge in [-0.2, -0.15) is 0 Å². The quantitative estimate of drug-likeness (QED) is 0.742. The maximum atomic E-state index is 9.35. The first-order chi connectivity index (χ1) is 8.60. The van der Waals surface area contributed by atoms with Crippen molar-refractivity contribution in [1.82, 2.24) is 4.90 Å². The summed E-state index contributed by atoms with van der Waals surface area (Å²) in [4.78, 5) is 1.93. The van der Waals surface area contributed by atoms with Gasteiger partial charge in [-0.05, 0) is 24.7 Å². The standard InChI is InChI=1S/C13H21NO4/c1-14(8-11(16)9-15)7-10-4-5-12(17-2)13(6-10)18-3/h4-6,11,15-16H,7-9H2,1-3H3. The fraction of sp³-hybridized carbons (Fsp3) is 0.538. The minimum Gasteiger partial charge on any atom is -0.493 e. The molecule has 18 heavy (non-hydrogen) atoms. The predicted molar refractivity (Wildman–Crippen MR) is 69.0 cm³/mol. The van der Waals surface area contributed by atoms with Crippen LogP contribution in [0.2, 0.25) is 0 Å². The SMILES string of the molecule is COc1ccc(CN(C)CC(O)CO)cc1OC. The van der Waals surface area contributed by atoms with E-state index < -0.39 is 6.10 Å². The van der Waals surface area contributed by atoms with Crippen molar-refractivity contribution < 1.29 is 19.7 Å². The van der Waals surface area contributed by atoms with Gasteiger partial charge in [-0.25, -0.2) is 0 Å². The van der Waals surface area contributed by atoms with E-state index in [1.165, 1.54) is 0 Å². The maximum absolute atomic E-state index is 9.35. The molecule has 0 saturated heterocycles. The Morgan fingerprint density at radius 2 is 1.89 bits per heavy atom. The minimum absolute atomic E-state index is 0.226. The van der Waals surface area contributed by atoms with Crippen molar-refractivity contribution in [2.75, 3.05) is 34.4 Å². The summed E-state index contributed by atoms with van der Waals surface area (Å²) in [5, 5.41) is 18.1. The normalized spacial score (nSPS) is 12.6. The molecule has 0 fully saturated rings. The Labute approximate surface area is 108 Å². The molecule has 102 valence electrons. The third-order valence-electron chi connectivity index (χ3n) is 2.63. The van der Waals surface area contributed by atoms with Gasteiger partial charge < -0.3 is 19.7 Å². The first-order valence-electron chi connectivity index (χ1n) is 5.79. The Morgan fingerprint density at radius 1 is 1.22 bits per heavy atom. The molecule has 0 aliphatic heterocycles. The van der Waals surface area contributed by atoms with Crippen molar-refractivity contribution in [3.05, 3.63) is 23.8 Å². The molecule has 1 aromatic rings. The molecule has 1 rings (SSSR count). The number of methoxy groups -OCH3 is 2.